The minimum atomic E-state index is -4.78. The lowest BCUT2D eigenvalue weighted by molar-refractivity contribution is -0.221. The fourth-order valence-electron chi connectivity index (χ4n) is 1.55. The number of carboxylic acids is 1. The van der Waals surface area contributed by atoms with Crippen molar-refractivity contribution in [3.63, 3.8) is 0 Å². The van der Waals surface area contributed by atoms with Crippen LogP contribution in [0.1, 0.15) is 13.8 Å². The predicted octanol–water partition coefficient (Wildman–Crippen LogP) is 2.41. The van der Waals surface area contributed by atoms with Gasteiger partial charge in [0, 0.05) is 0 Å². The summed E-state index contributed by atoms with van der Waals surface area (Å²) in [5, 5.41) is 8.76. The normalized spacial score (nSPS) is 27.7. The molecule has 1 N–H and O–H groups in total. The predicted molar refractivity (Wildman–Crippen MR) is 59.5 cm³/mol. The minimum absolute atomic E-state index is 0.606. The first-order valence-corrected chi connectivity index (χ1v) is 5.54. The van der Waals surface area contributed by atoms with Gasteiger partial charge in [0.1, 0.15) is 5.41 Å². The summed E-state index contributed by atoms with van der Waals surface area (Å²) < 4.78 is 55.2. The summed E-state index contributed by atoms with van der Waals surface area (Å²) in [6.45, 7) is 1.59. The fraction of sp³-hybridized carbons (Fsp3) is 0.500. The number of esters is 1. The maximum atomic E-state index is 14.1. The summed E-state index contributed by atoms with van der Waals surface area (Å²) >= 11 is 0. The molecule has 4 nitrogen and oxygen atoms in total. The van der Waals surface area contributed by atoms with Crippen molar-refractivity contribution in [3.8, 4) is 0 Å². The first-order chi connectivity index (χ1) is 9.00. The third-order valence-electron chi connectivity index (χ3n) is 2.95. The van der Waals surface area contributed by atoms with Gasteiger partial charge in [0.15, 0.2) is 12.3 Å². The number of rotatable bonds is 3. The SMILES string of the molecule is CC(OC(=O)C1(C)C=CC=C(C(=O)O)C1F)C(F)(F)F. The number of aliphatic carboxylic acids is 1. The Morgan fingerprint density at radius 1 is 1.45 bits per heavy atom. The van der Waals surface area contributed by atoms with Crippen molar-refractivity contribution in [3.05, 3.63) is 23.8 Å². The Morgan fingerprint density at radius 3 is 2.45 bits per heavy atom. The van der Waals surface area contributed by atoms with Crippen LogP contribution in [0, 0.1) is 5.41 Å². The number of carboxylic acid groups (broad SMARTS) is 1. The van der Waals surface area contributed by atoms with E-state index in [0.717, 1.165) is 25.2 Å². The topological polar surface area (TPSA) is 63.6 Å². The molecule has 8 heteroatoms. The van der Waals surface area contributed by atoms with E-state index < -0.39 is 41.4 Å². The molecule has 1 aliphatic rings. The van der Waals surface area contributed by atoms with Gasteiger partial charge >= 0.3 is 18.1 Å². The molecule has 112 valence electrons. The lowest BCUT2D eigenvalue weighted by Gasteiger charge is -2.31. The van der Waals surface area contributed by atoms with Crippen LogP contribution in [0.3, 0.4) is 0 Å². The van der Waals surface area contributed by atoms with E-state index in [9.17, 15) is 27.2 Å². The second-order valence-electron chi connectivity index (χ2n) is 4.52. The monoisotopic (exact) mass is 296 g/mol. The molecule has 0 amide bonds. The lowest BCUT2D eigenvalue weighted by Crippen LogP contribution is -2.44. The summed E-state index contributed by atoms with van der Waals surface area (Å²) in [7, 11) is 0. The zero-order valence-corrected chi connectivity index (χ0v) is 10.6. The third kappa shape index (κ3) is 3.00. The Hall–Kier alpha value is -1.86. The molecule has 0 radical (unpaired) electrons. The first-order valence-electron chi connectivity index (χ1n) is 5.54. The van der Waals surface area contributed by atoms with Gasteiger partial charge in [-0.1, -0.05) is 12.2 Å². The molecule has 0 spiro atoms. The smallest absolute Gasteiger partial charge is 0.425 e. The molecule has 0 aromatic rings. The maximum Gasteiger partial charge on any atom is 0.425 e. The number of carbonyl (C=O) groups is 2. The number of carbonyl (C=O) groups excluding carboxylic acids is 1. The molecule has 3 atom stereocenters. The van der Waals surface area contributed by atoms with Crippen molar-refractivity contribution in [1.29, 1.82) is 0 Å². The molecule has 20 heavy (non-hydrogen) atoms. The number of ether oxygens (including phenoxy) is 1. The van der Waals surface area contributed by atoms with Crippen LogP contribution in [0.2, 0.25) is 0 Å². The number of hydrogen-bond acceptors (Lipinski definition) is 3. The molecule has 0 heterocycles. The minimum Gasteiger partial charge on any atom is -0.478 e. The van der Waals surface area contributed by atoms with Gasteiger partial charge in [0.2, 0.25) is 0 Å². The highest BCUT2D eigenvalue weighted by molar-refractivity contribution is 5.92. The Morgan fingerprint density at radius 2 is 2.00 bits per heavy atom. The second-order valence-corrected chi connectivity index (χ2v) is 4.52. The summed E-state index contributed by atoms with van der Waals surface area (Å²) in [6.07, 6.45) is -6.46. The molecule has 0 aromatic heterocycles. The number of halogens is 4. The van der Waals surface area contributed by atoms with E-state index in [2.05, 4.69) is 4.74 Å². The quantitative estimate of drug-likeness (QED) is 0.641. The Labute approximate surface area is 111 Å². The zero-order chi connectivity index (χ0) is 15.7. The van der Waals surface area contributed by atoms with E-state index in [1.165, 1.54) is 0 Å². The van der Waals surface area contributed by atoms with Crippen molar-refractivity contribution in [2.24, 2.45) is 5.41 Å². The molecular weight excluding hydrogens is 284 g/mol. The van der Waals surface area contributed by atoms with Gasteiger partial charge in [-0.2, -0.15) is 13.2 Å². The molecule has 0 aromatic carbocycles. The van der Waals surface area contributed by atoms with Gasteiger partial charge in [0.05, 0.1) is 5.57 Å². The molecule has 3 unspecified atom stereocenters. The van der Waals surface area contributed by atoms with Crippen LogP contribution >= 0.6 is 0 Å². The van der Waals surface area contributed by atoms with Gasteiger partial charge in [-0.05, 0) is 19.9 Å². The molecule has 1 rings (SSSR count). The van der Waals surface area contributed by atoms with Crippen LogP contribution in [-0.4, -0.2) is 35.5 Å². The van der Waals surface area contributed by atoms with E-state index in [1.54, 1.807) is 0 Å². The van der Waals surface area contributed by atoms with Crippen LogP contribution in [-0.2, 0) is 14.3 Å². The van der Waals surface area contributed by atoms with Gasteiger partial charge in [-0.15, -0.1) is 0 Å². The lowest BCUT2D eigenvalue weighted by atomic mass is 9.78. The van der Waals surface area contributed by atoms with Crippen LogP contribution < -0.4 is 0 Å². The number of allylic oxidation sites excluding steroid dienone is 2. The summed E-state index contributed by atoms with van der Waals surface area (Å²) in [5.74, 6) is -3.07. The number of hydrogen-bond donors (Lipinski definition) is 1. The highest BCUT2D eigenvalue weighted by Crippen LogP contribution is 2.37. The first kappa shape index (κ1) is 16.2. The van der Waals surface area contributed by atoms with Gasteiger partial charge < -0.3 is 9.84 Å². The highest BCUT2D eigenvalue weighted by atomic mass is 19.4. The highest BCUT2D eigenvalue weighted by Gasteiger charge is 2.49. The van der Waals surface area contributed by atoms with Crippen LogP contribution in [0.25, 0.3) is 0 Å². The molecule has 0 fully saturated rings. The standard InChI is InChI=1S/C12H12F4O4/c1-6(12(14,15)16)20-10(19)11(2)5-3-4-7(8(11)13)9(17)18/h3-6,8H,1-2H3,(H,17,18). The van der Waals surface area contributed by atoms with Gasteiger partial charge in [-0.3, -0.25) is 4.79 Å². The Balaban J connectivity index is 2.96. The van der Waals surface area contributed by atoms with E-state index in [0.29, 0.717) is 6.92 Å². The van der Waals surface area contributed by atoms with Gasteiger partial charge in [0.25, 0.3) is 0 Å². The van der Waals surface area contributed by atoms with E-state index in [-0.39, 0.29) is 0 Å². The average molecular weight is 296 g/mol. The van der Waals surface area contributed by atoms with E-state index in [4.69, 9.17) is 5.11 Å². The molecule has 0 saturated heterocycles. The van der Waals surface area contributed by atoms with Crippen LogP contribution in [0.15, 0.2) is 23.8 Å². The Bertz CT molecular complexity index is 480. The summed E-state index contributed by atoms with van der Waals surface area (Å²) in [5.41, 5.74) is -2.83. The fourth-order valence-corrected chi connectivity index (χ4v) is 1.55. The molecule has 0 saturated carbocycles. The van der Waals surface area contributed by atoms with E-state index in [1.807, 2.05) is 0 Å². The largest absolute Gasteiger partial charge is 0.478 e. The number of alkyl halides is 4. The van der Waals surface area contributed by atoms with Crippen LogP contribution in [0.4, 0.5) is 17.6 Å². The molecule has 1 aliphatic carbocycles. The van der Waals surface area contributed by atoms with E-state index >= 15 is 0 Å². The molecule has 0 bridgehead atoms. The zero-order valence-electron chi connectivity index (χ0n) is 10.6. The molecular formula is C12H12F4O4. The van der Waals surface area contributed by atoms with Crippen LogP contribution in [0.5, 0.6) is 0 Å². The van der Waals surface area contributed by atoms with Crippen molar-refractivity contribution in [2.75, 3.05) is 0 Å². The summed E-state index contributed by atoms with van der Waals surface area (Å²) in [6, 6.07) is 0. The summed E-state index contributed by atoms with van der Waals surface area (Å²) in [4.78, 5) is 22.5. The van der Waals surface area contributed by atoms with Crippen molar-refractivity contribution >= 4 is 11.9 Å². The average Bonchev–Trinajstić information content (AvgIpc) is 2.30. The maximum absolute atomic E-state index is 14.1. The van der Waals surface area contributed by atoms with Gasteiger partial charge in [-0.25, -0.2) is 9.18 Å². The Kier molecular flexibility index (Phi) is 4.26. The molecule has 0 aliphatic heterocycles. The third-order valence-corrected chi connectivity index (χ3v) is 2.95. The van der Waals surface area contributed by atoms with Crippen molar-refractivity contribution < 1.29 is 37.0 Å². The second kappa shape index (κ2) is 5.26. The van der Waals surface area contributed by atoms with Crippen molar-refractivity contribution in [1.82, 2.24) is 0 Å². The van der Waals surface area contributed by atoms with Crippen molar-refractivity contribution in [2.45, 2.75) is 32.3 Å².